The number of rotatable bonds is 4. The predicted molar refractivity (Wildman–Crippen MR) is 95.5 cm³/mol. The number of hydrogen-bond acceptors (Lipinski definition) is 6. The molecule has 0 saturated carbocycles. The topological polar surface area (TPSA) is 88.4 Å². The maximum atomic E-state index is 9.35. The minimum Gasteiger partial charge on any atom is -0.355 e. The second-order valence-electron chi connectivity index (χ2n) is 6.54. The van der Waals surface area contributed by atoms with E-state index in [1.54, 1.807) is 24.8 Å². The molecule has 0 amide bonds. The first-order valence-electron chi connectivity index (χ1n) is 8.70. The Balaban J connectivity index is 1.55. The zero-order chi connectivity index (χ0) is 17.9. The first-order chi connectivity index (χ1) is 12.8. The van der Waals surface area contributed by atoms with Crippen LogP contribution in [-0.2, 0) is 13.6 Å². The number of aromatic nitrogens is 6. The maximum absolute atomic E-state index is 9.35. The van der Waals surface area contributed by atoms with Gasteiger partial charge < -0.3 is 14.0 Å². The van der Waals surface area contributed by atoms with Crippen molar-refractivity contribution in [2.75, 3.05) is 18.0 Å². The number of anilines is 1. The Labute approximate surface area is 151 Å². The van der Waals surface area contributed by atoms with E-state index < -0.39 is 0 Å². The Hall–Kier alpha value is -3.21. The lowest BCUT2D eigenvalue weighted by Crippen LogP contribution is -2.36. The molecule has 1 fully saturated rings. The summed E-state index contributed by atoms with van der Waals surface area (Å²) in [7, 11) is 2.02. The van der Waals surface area contributed by atoms with Crippen LogP contribution in [0.2, 0.25) is 0 Å². The van der Waals surface area contributed by atoms with Gasteiger partial charge in [-0.2, -0.15) is 5.26 Å². The number of nitrogens with zero attached hydrogens (tertiary/aromatic N) is 8. The van der Waals surface area contributed by atoms with E-state index in [0.717, 1.165) is 43.4 Å². The van der Waals surface area contributed by atoms with Gasteiger partial charge in [0, 0.05) is 44.6 Å². The first-order valence-corrected chi connectivity index (χ1v) is 8.70. The Kier molecular flexibility index (Phi) is 4.35. The summed E-state index contributed by atoms with van der Waals surface area (Å²) in [5, 5.41) is 18.2. The molecule has 0 aromatic carbocycles. The maximum Gasteiger partial charge on any atom is 0.152 e. The van der Waals surface area contributed by atoms with Crippen LogP contribution in [0, 0.1) is 11.3 Å². The molecule has 8 nitrogen and oxygen atoms in total. The summed E-state index contributed by atoms with van der Waals surface area (Å²) in [6.07, 6.45) is 9.29. The molecule has 0 aliphatic carbocycles. The van der Waals surface area contributed by atoms with Gasteiger partial charge in [-0.25, -0.2) is 9.97 Å². The van der Waals surface area contributed by atoms with Gasteiger partial charge in [0.05, 0.1) is 18.4 Å². The van der Waals surface area contributed by atoms with E-state index in [4.69, 9.17) is 0 Å². The first kappa shape index (κ1) is 16.3. The van der Waals surface area contributed by atoms with Crippen LogP contribution < -0.4 is 4.90 Å². The van der Waals surface area contributed by atoms with Crippen molar-refractivity contribution < 1.29 is 0 Å². The van der Waals surface area contributed by atoms with Gasteiger partial charge in [-0.3, -0.25) is 0 Å². The molecule has 8 heteroatoms. The largest absolute Gasteiger partial charge is 0.355 e. The molecule has 3 aromatic heterocycles. The summed E-state index contributed by atoms with van der Waals surface area (Å²) in [6, 6.07) is 5.86. The summed E-state index contributed by atoms with van der Waals surface area (Å²) in [5.74, 6) is 2.93. The van der Waals surface area contributed by atoms with Gasteiger partial charge in [0.25, 0.3) is 0 Å². The second kappa shape index (κ2) is 6.96. The Bertz CT molecular complexity index is 921. The fourth-order valence-corrected chi connectivity index (χ4v) is 3.53. The Morgan fingerprint density at radius 2 is 2.23 bits per heavy atom. The van der Waals surface area contributed by atoms with Crippen molar-refractivity contribution in [3.05, 3.63) is 54.3 Å². The van der Waals surface area contributed by atoms with Crippen LogP contribution in [0.4, 0.5) is 5.82 Å². The zero-order valence-electron chi connectivity index (χ0n) is 14.7. The average molecular weight is 348 g/mol. The van der Waals surface area contributed by atoms with Crippen molar-refractivity contribution in [2.24, 2.45) is 7.05 Å². The molecular weight excluding hydrogens is 328 g/mol. The minimum absolute atomic E-state index is 0.270. The van der Waals surface area contributed by atoms with Crippen molar-refractivity contribution in [2.45, 2.75) is 25.3 Å². The van der Waals surface area contributed by atoms with Gasteiger partial charge in [-0.15, -0.1) is 10.2 Å². The van der Waals surface area contributed by atoms with E-state index in [1.165, 1.54) is 0 Å². The third-order valence-electron chi connectivity index (χ3n) is 4.88. The number of piperidine rings is 1. The molecule has 0 spiro atoms. The van der Waals surface area contributed by atoms with Crippen LogP contribution in [0.25, 0.3) is 0 Å². The van der Waals surface area contributed by atoms with Crippen LogP contribution in [0.3, 0.4) is 0 Å². The Morgan fingerprint density at radius 1 is 1.31 bits per heavy atom. The van der Waals surface area contributed by atoms with Crippen molar-refractivity contribution in [3.63, 3.8) is 0 Å². The molecule has 0 radical (unpaired) electrons. The van der Waals surface area contributed by atoms with Gasteiger partial charge in [-0.05, 0) is 25.0 Å². The lowest BCUT2D eigenvalue weighted by Gasteiger charge is -2.33. The predicted octanol–water partition coefficient (Wildman–Crippen LogP) is 1.71. The smallest absolute Gasteiger partial charge is 0.152 e. The van der Waals surface area contributed by atoms with E-state index in [0.29, 0.717) is 12.1 Å². The number of pyridine rings is 1. The highest BCUT2D eigenvalue weighted by molar-refractivity contribution is 5.53. The SMILES string of the molecule is Cn1c(Cn2ccnc2)nnc1C1CCCN(c2ncccc2C#N)C1. The molecule has 4 rings (SSSR count). The molecule has 1 aliphatic rings. The number of hydrogen-bond donors (Lipinski definition) is 0. The molecule has 132 valence electrons. The van der Waals surface area contributed by atoms with Crippen molar-refractivity contribution >= 4 is 5.82 Å². The number of imidazole rings is 1. The fraction of sp³-hybridized carbons (Fsp3) is 0.389. The molecular formula is C18H20N8. The molecule has 3 aromatic rings. The molecule has 0 bridgehead atoms. The average Bonchev–Trinajstić information content (AvgIpc) is 3.32. The standard InChI is InChI=1S/C18H20N8/c1-24-16(12-25-9-7-20-13-25)22-23-18(24)15-5-3-8-26(11-15)17-14(10-19)4-2-6-21-17/h2,4,6-7,9,13,15H,3,5,8,11-12H2,1H3. The van der Waals surface area contributed by atoms with E-state index >= 15 is 0 Å². The zero-order valence-corrected chi connectivity index (χ0v) is 14.7. The normalized spacial score (nSPS) is 17.2. The monoisotopic (exact) mass is 348 g/mol. The molecule has 4 heterocycles. The van der Waals surface area contributed by atoms with E-state index in [2.05, 4.69) is 35.7 Å². The third-order valence-corrected chi connectivity index (χ3v) is 4.88. The van der Waals surface area contributed by atoms with Gasteiger partial charge >= 0.3 is 0 Å². The molecule has 1 saturated heterocycles. The minimum atomic E-state index is 0.270. The van der Waals surface area contributed by atoms with Crippen LogP contribution >= 0.6 is 0 Å². The summed E-state index contributed by atoms with van der Waals surface area (Å²) < 4.78 is 4.06. The van der Waals surface area contributed by atoms with Gasteiger partial charge in [0.1, 0.15) is 17.7 Å². The van der Waals surface area contributed by atoms with Crippen LogP contribution in [0.5, 0.6) is 0 Å². The van der Waals surface area contributed by atoms with Crippen LogP contribution in [0.1, 0.15) is 36.0 Å². The lowest BCUT2D eigenvalue weighted by molar-refractivity contribution is 0.475. The third kappa shape index (κ3) is 3.04. The van der Waals surface area contributed by atoms with Crippen molar-refractivity contribution in [1.82, 2.24) is 29.3 Å². The highest BCUT2D eigenvalue weighted by atomic mass is 15.3. The van der Waals surface area contributed by atoms with Gasteiger partial charge in [-0.1, -0.05) is 0 Å². The highest BCUT2D eigenvalue weighted by Gasteiger charge is 2.27. The Morgan fingerprint density at radius 3 is 3.04 bits per heavy atom. The molecule has 1 aliphatic heterocycles. The van der Waals surface area contributed by atoms with Crippen molar-refractivity contribution in [1.29, 1.82) is 5.26 Å². The van der Waals surface area contributed by atoms with Gasteiger partial charge in [0.2, 0.25) is 0 Å². The summed E-state index contributed by atoms with van der Waals surface area (Å²) >= 11 is 0. The molecule has 1 unspecified atom stereocenters. The van der Waals surface area contributed by atoms with E-state index in [9.17, 15) is 5.26 Å². The van der Waals surface area contributed by atoms with Gasteiger partial charge in [0.15, 0.2) is 5.82 Å². The summed E-state index contributed by atoms with van der Waals surface area (Å²) in [6.45, 7) is 2.35. The summed E-state index contributed by atoms with van der Waals surface area (Å²) in [4.78, 5) is 10.7. The molecule has 0 N–H and O–H groups in total. The second-order valence-corrected chi connectivity index (χ2v) is 6.54. The molecule has 1 atom stereocenters. The van der Waals surface area contributed by atoms with Crippen molar-refractivity contribution in [3.8, 4) is 6.07 Å². The van der Waals surface area contributed by atoms with Crippen LogP contribution in [-0.4, -0.2) is 42.4 Å². The summed E-state index contributed by atoms with van der Waals surface area (Å²) in [5.41, 5.74) is 0.618. The fourth-order valence-electron chi connectivity index (χ4n) is 3.53. The lowest BCUT2D eigenvalue weighted by atomic mass is 9.97. The quantitative estimate of drug-likeness (QED) is 0.713. The highest BCUT2D eigenvalue weighted by Crippen LogP contribution is 2.29. The van der Waals surface area contributed by atoms with Crippen LogP contribution in [0.15, 0.2) is 37.1 Å². The van der Waals surface area contributed by atoms with E-state index in [1.807, 2.05) is 23.9 Å². The van der Waals surface area contributed by atoms with E-state index in [-0.39, 0.29) is 5.92 Å². The molecule has 26 heavy (non-hydrogen) atoms. The number of nitriles is 1.